The zero-order chi connectivity index (χ0) is 18.4. The first-order chi connectivity index (χ1) is 12.6. The van der Waals surface area contributed by atoms with Crippen molar-refractivity contribution < 1.29 is 9.53 Å². The average molecular weight is 387 g/mol. The Hall–Kier alpha value is -2.37. The number of methoxy groups -OCH3 is 1. The van der Waals surface area contributed by atoms with Crippen molar-refractivity contribution in [2.24, 2.45) is 0 Å². The smallest absolute Gasteiger partial charge is 0.226 e. The van der Waals surface area contributed by atoms with Gasteiger partial charge in [0.05, 0.1) is 24.2 Å². The summed E-state index contributed by atoms with van der Waals surface area (Å²) in [6, 6.07) is 15.4. The normalized spacial score (nSPS) is 10.5. The number of nitrogens with zero attached hydrogens (tertiary/aromatic N) is 1. The molecular formula is C20H19ClN2O2S. The van der Waals surface area contributed by atoms with Crippen molar-refractivity contribution >= 4 is 28.8 Å². The van der Waals surface area contributed by atoms with Crippen LogP contribution in [0.1, 0.15) is 21.8 Å². The maximum absolute atomic E-state index is 12.2. The predicted molar refractivity (Wildman–Crippen MR) is 105 cm³/mol. The summed E-state index contributed by atoms with van der Waals surface area (Å²) in [5.74, 6) is 0.709. The Bertz CT molecular complexity index is 895. The summed E-state index contributed by atoms with van der Waals surface area (Å²) in [4.78, 5) is 16.7. The first-order valence-corrected chi connectivity index (χ1v) is 9.46. The second-order valence-corrected chi connectivity index (χ2v) is 7.18. The molecule has 1 N–H and O–H groups in total. The lowest BCUT2D eigenvalue weighted by molar-refractivity contribution is -0.120. The molecule has 3 rings (SSSR count). The van der Waals surface area contributed by atoms with Crippen LogP contribution in [0.3, 0.4) is 0 Å². The van der Waals surface area contributed by atoms with E-state index < -0.39 is 0 Å². The topological polar surface area (TPSA) is 51.2 Å². The van der Waals surface area contributed by atoms with Gasteiger partial charge < -0.3 is 10.1 Å². The Labute approximate surface area is 161 Å². The monoisotopic (exact) mass is 386 g/mol. The Morgan fingerprint density at radius 3 is 2.88 bits per heavy atom. The van der Waals surface area contributed by atoms with Crippen molar-refractivity contribution in [2.75, 3.05) is 7.11 Å². The molecule has 134 valence electrons. The molecular weight excluding hydrogens is 368 g/mol. The van der Waals surface area contributed by atoms with Gasteiger partial charge in [-0.15, -0.1) is 11.3 Å². The third kappa shape index (κ3) is 5.07. The number of hydrogen-bond acceptors (Lipinski definition) is 4. The van der Waals surface area contributed by atoms with Gasteiger partial charge in [-0.3, -0.25) is 4.79 Å². The summed E-state index contributed by atoms with van der Waals surface area (Å²) < 4.78 is 5.29. The molecule has 0 atom stereocenters. The van der Waals surface area contributed by atoms with Crippen molar-refractivity contribution in [3.63, 3.8) is 0 Å². The quantitative estimate of drug-likeness (QED) is 0.660. The fraction of sp³-hybridized carbons (Fsp3) is 0.200. The molecule has 0 aliphatic heterocycles. The Balaban J connectivity index is 1.54. The fourth-order valence-electron chi connectivity index (χ4n) is 2.60. The van der Waals surface area contributed by atoms with E-state index >= 15 is 0 Å². The van der Waals surface area contributed by atoms with E-state index in [9.17, 15) is 4.79 Å². The number of benzene rings is 2. The van der Waals surface area contributed by atoms with Crippen molar-refractivity contribution in [3.05, 3.63) is 80.8 Å². The molecule has 0 radical (unpaired) electrons. The van der Waals surface area contributed by atoms with Gasteiger partial charge in [-0.25, -0.2) is 4.98 Å². The molecule has 0 saturated carbocycles. The second kappa shape index (κ2) is 8.83. The lowest BCUT2D eigenvalue weighted by Crippen LogP contribution is -2.24. The highest BCUT2D eigenvalue weighted by molar-refractivity contribution is 7.09. The maximum atomic E-state index is 12.2. The molecule has 26 heavy (non-hydrogen) atoms. The minimum atomic E-state index is -0.0597. The van der Waals surface area contributed by atoms with Crippen LogP contribution in [0.25, 0.3) is 0 Å². The number of amides is 1. The van der Waals surface area contributed by atoms with Crippen LogP contribution in [0.5, 0.6) is 5.75 Å². The van der Waals surface area contributed by atoms with E-state index in [-0.39, 0.29) is 12.3 Å². The lowest BCUT2D eigenvalue weighted by atomic mass is 10.2. The van der Waals surface area contributed by atoms with Crippen LogP contribution in [0.2, 0.25) is 5.02 Å². The van der Waals surface area contributed by atoms with E-state index in [1.807, 2.05) is 53.9 Å². The third-order valence-corrected chi connectivity index (χ3v) is 4.99. The van der Waals surface area contributed by atoms with E-state index in [1.54, 1.807) is 18.4 Å². The highest BCUT2D eigenvalue weighted by atomic mass is 35.5. The summed E-state index contributed by atoms with van der Waals surface area (Å²) in [5, 5.41) is 6.54. The molecule has 0 bridgehead atoms. The van der Waals surface area contributed by atoms with Crippen LogP contribution in [0, 0.1) is 0 Å². The number of para-hydroxylation sites is 1. The summed E-state index contributed by atoms with van der Waals surface area (Å²) in [5.41, 5.74) is 2.84. The molecule has 0 fully saturated rings. The third-order valence-electron chi connectivity index (χ3n) is 3.85. The molecule has 3 aromatic rings. The van der Waals surface area contributed by atoms with Crippen molar-refractivity contribution in [1.29, 1.82) is 0 Å². The van der Waals surface area contributed by atoms with Crippen molar-refractivity contribution in [3.8, 4) is 5.75 Å². The van der Waals surface area contributed by atoms with Gasteiger partial charge in [0.15, 0.2) is 0 Å². The van der Waals surface area contributed by atoms with Crippen LogP contribution in [0.4, 0.5) is 0 Å². The fourth-order valence-corrected chi connectivity index (χ4v) is 3.64. The number of thiazole rings is 1. The van der Waals surface area contributed by atoms with Gasteiger partial charge in [0.1, 0.15) is 5.75 Å². The van der Waals surface area contributed by atoms with E-state index in [2.05, 4.69) is 10.3 Å². The largest absolute Gasteiger partial charge is 0.496 e. The number of rotatable bonds is 7. The summed E-state index contributed by atoms with van der Waals surface area (Å²) >= 11 is 7.57. The van der Waals surface area contributed by atoms with E-state index in [0.717, 1.165) is 32.6 Å². The second-order valence-electron chi connectivity index (χ2n) is 5.80. The molecule has 0 aliphatic carbocycles. The van der Waals surface area contributed by atoms with Gasteiger partial charge >= 0.3 is 0 Å². The van der Waals surface area contributed by atoms with Gasteiger partial charge in [-0.05, 0) is 23.8 Å². The van der Waals surface area contributed by atoms with Crippen molar-refractivity contribution in [2.45, 2.75) is 19.4 Å². The molecule has 0 saturated heterocycles. The number of halogens is 1. The van der Waals surface area contributed by atoms with Gasteiger partial charge in [0.25, 0.3) is 0 Å². The first kappa shape index (κ1) is 18.4. The standard InChI is InChI=1S/C20H19ClN2O2S/c1-25-18-8-3-2-6-15(18)12-22-19(24)11-17-13-26-20(23-17)10-14-5-4-7-16(21)9-14/h2-9,13H,10-12H2,1H3,(H,22,24). The molecule has 1 amide bonds. The van der Waals surface area contributed by atoms with Gasteiger partial charge in [-0.1, -0.05) is 41.9 Å². The Kier molecular flexibility index (Phi) is 6.26. The maximum Gasteiger partial charge on any atom is 0.226 e. The summed E-state index contributed by atoms with van der Waals surface area (Å²) in [6.45, 7) is 0.433. The highest BCUT2D eigenvalue weighted by Gasteiger charge is 2.10. The van der Waals surface area contributed by atoms with Gasteiger partial charge in [-0.2, -0.15) is 0 Å². The zero-order valence-electron chi connectivity index (χ0n) is 14.4. The SMILES string of the molecule is COc1ccccc1CNC(=O)Cc1csc(Cc2cccc(Cl)c2)n1. The first-order valence-electron chi connectivity index (χ1n) is 8.20. The molecule has 1 aromatic heterocycles. The van der Waals surface area contributed by atoms with Crippen LogP contribution in [-0.4, -0.2) is 18.0 Å². The number of carbonyl (C=O) groups excluding carboxylic acids is 1. The number of ether oxygens (including phenoxy) is 1. The van der Waals surface area contributed by atoms with Gasteiger partial charge in [0, 0.05) is 28.9 Å². The van der Waals surface area contributed by atoms with Crippen LogP contribution >= 0.6 is 22.9 Å². The molecule has 0 spiro atoms. The summed E-state index contributed by atoms with van der Waals surface area (Å²) in [7, 11) is 1.62. The molecule has 4 nitrogen and oxygen atoms in total. The Morgan fingerprint density at radius 1 is 1.23 bits per heavy atom. The summed E-state index contributed by atoms with van der Waals surface area (Å²) in [6.07, 6.45) is 0.981. The van der Waals surface area contributed by atoms with Crippen LogP contribution in [-0.2, 0) is 24.2 Å². The molecule has 0 unspecified atom stereocenters. The number of carbonyl (C=O) groups is 1. The number of nitrogens with one attached hydrogen (secondary N) is 1. The minimum absolute atomic E-state index is 0.0597. The molecule has 6 heteroatoms. The average Bonchev–Trinajstić information content (AvgIpc) is 3.07. The van der Waals surface area contributed by atoms with Crippen LogP contribution < -0.4 is 10.1 Å². The predicted octanol–water partition coefficient (Wildman–Crippen LogP) is 4.25. The number of hydrogen-bond donors (Lipinski definition) is 1. The highest BCUT2D eigenvalue weighted by Crippen LogP contribution is 2.19. The van der Waals surface area contributed by atoms with E-state index in [4.69, 9.17) is 16.3 Å². The van der Waals surface area contributed by atoms with Gasteiger partial charge in [0.2, 0.25) is 5.91 Å². The van der Waals surface area contributed by atoms with E-state index in [0.29, 0.717) is 13.0 Å². The number of aromatic nitrogens is 1. The molecule has 2 aromatic carbocycles. The minimum Gasteiger partial charge on any atom is -0.496 e. The zero-order valence-corrected chi connectivity index (χ0v) is 15.9. The van der Waals surface area contributed by atoms with Crippen LogP contribution in [0.15, 0.2) is 53.9 Å². The van der Waals surface area contributed by atoms with Crippen molar-refractivity contribution in [1.82, 2.24) is 10.3 Å². The molecule has 0 aliphatic rings. The lowest BCUT2D eigenvalue weighted by Gasteiger charge is -2.09. The Morgan fingerprint density at radius 2 is 2.08 bits per heavy atom. The molecule has 1 heterocycles. The van der Waals surface area contributed by atoms with E-state index in [1.165, 1.54) is 0 Å².